The summed E-state index contributed by atoms with van der Waals surface area (Å²) in [6, 6.07) is 7.91. The van der Waals surface area contributed by atoms with E-state index in [1.54, 1.807) is 0 Å². The van der Waals surface area contributed by atoms with E-state index in [1.807, 2.05) is 38.1 Å². The Labute approximate surface area is 125 Å². The molecule has 2 aromatic rings. The molecule has 0 saturated carbocycles. The Bertz CT molecular complexity index is 634. The Morgan fingerprint density at radius 3 is 2.95 bits per heavy atom. The van der Waals surface area contributed by atoms with Gasteiger partial charge in [0, 0.05) is 36.3 Å². The van der Waals surface area contributed by atoms with Gasteiger partial charge in [-0.05, 0) is 25.0 Å². The summed E-state index contributed by atoms with van der Waals surface area (Å²) in [5.41, 5.74) is 2.88. The molecule has 4 nitrogen and oxygen atoms in total. The zero-order valence-corrected chi connectivity index (χ0v) is 12.6. The van der Waals surface area contributed by atoms with Crippen LogP contribution in [0.25, 0.3) is 11.3 Å². The lowest BCUT2D eigenvalue weighted by Gasteiger charge is -2.11. The molecular formula is C17H21N3O. The van der Waals surface area contributed by atoms with E-state index in [0.717, 1.165) is 29.9 Å². The van der Waals surface area contributed by atoms with Gasteiger partial charge in [0.1, 0.15) is 5.82 Å². The molecular weight excluding hydrogens is 262 g/mol. The Balaban J connectivity index is 1.85. The van der Waals surface area contributed by atoms with E-state index in [2.05, 4.69) is 16.1 Å². The zero-order chi connectivity index (χ0) is 14.8. The van der Waals surface area contributed by atoms with Crippen LogP contribution in [0.15, 0.2) is 30.5 Å². The lowest BCUT2D eigenvalue weighted by molar-refractivity contribution is -0.118. The van der Waals surface area contributed by atoms with Crippen molar-refractivity contribution in [3.05, 3.63) is 36.3 Å². The van der Waals surface area contributed by atoms with Crippen LogP contribution in [0.1, 0.15) is 32.5 Å². The first kappa shape index (κ1) is 13.9. The van der Waals surface area contributed by atoms with Gasteiger partial charge >= 0.3 is 0 Å². The van der Waals surface area contributed by atoms with Crippen LogP contribution in [0.5, 0.6) is 0 Å². The summed E-state index contributed by atoms with van der Waals surface area (Å²) in [6.07, 6.45) is 5.63. The zero-order valence-electron chi connectivity index (χ0n) is 12.6. The van der Waals surface area contributed by atoms with Crippen molar-refractivity contribution in [3.8, 4) is 11.3 Å². The third-order valence-electron chi connectivity index (χ3n) is 3.86. The van der Waals surface area contributed by atoms with Crippen LogP contribution in [0.3, 0.4) is 0 Å². The summed E-state index contributed by atoms with van der Waals surface area (Å²) in [4.78, 5) is 16.5. The molecule has 0 atom stereocenters. The minimum Gasteiger partial charge on any atom is -0.334 e. The molecule has 0 radical (unpaired) electrons. The second-order valence-electron chi connectivity index (χ2n) is 5.92. The number of aryl methyl sites for hydroxylation is 2. The van der Waals surface area contributed by atoms with E-state index in [1.165, 1.54) is 18.7 Å². The maximum Gasteiger partial charge on any atom is 0.226 e. The largest absolute Gasteiger partial charge is 0.334 e. The van der Waals surface area contributed by atoms with Gasteiger partial charge < -0.3 is 9.88 Å². The molecule has 1 aromatic heterocycles. The van der Waals surface area contributed by atoms with Gasteiger partial charge in [0.25, 0.3) is 0 Å². The molecule has 2 heterocycles. The molecule has 1 amide bonds. The van der Waals surface area contributed by atoms with Crippen LogP contribution in [-0.2, 0) is 17.8 Å². The van der Waals surface area contributed by atoms with Gasteiger partial charge in [-0.3, -0.25) is 4.79 Å². The Kier molecular flexibility index (Phi) is 3.78. The summed E-state index contributed by atoms with van der Waals surface area (Å²) in [6.45, 7) is 4.84. The standard InChI is InChI=1S/C17H21N3O/c1-12(2)17(21)18-14-7-5-6-13(10-14)15-11-20-9-4-3-8-16(20)19-15/h5-7,10-12H,3-4,8-9H2,1-2H3,(H,18,21). The fourth-order valence-electron chi connectivity index (χ4n) is 2.59. The highest BCUT2D eigenvalue weighted by Crippen LogP contribution is 2.25. The van der Waals surface area contributed by atoms with Crippen LogP contribution < -0.4 is 5.32 Å². The van der Waals surface area contributed by atoms with Crippen LogP contribution in [0, 0.1) is 5.92 Å². The molecule has 0 spiro atoms. The van der Waals surface area contributed by atoms with E-state index >= 15 is 0 Å². The number of carbonyl (C=O) groups excluding carboxylic acids is 1. The van der Waals surface area contributed by atoms with Gasteiger partial charge in [0.15, 0.2) is 0 Å². The van der Waals surface area contributed by atoms with Crippen LogP contribution in [0.4, 0.5) is 5.69 Å². The predicted octanol–water partition coefficient (Wildman–Crippen LogP) is 3.48. The molecule has 0 unspecified atom stereocenters. The first-order valence-corrected chi connectivity index (χ1v) is 7.61. The van der Waals surface area contributed by atoms with Crippen molar-refractivity contribution < 1.29 is 4.79 Å². The topological polar surface area (TPSA) is 46.9 Å². The Morgan fingerprint density at radius 2 is 2.19 bits per heavy atom. The number of amides is 1. The van der Waals surface area contributed by atoms with Gasteiger partial charge in [-0.1, -0.05) is 26.0 Å². The van der Waals surface area contributed by atoms with Crippen molar-refractivity contribution in [2.24, 2.45) is 5.92 Å². The molecule has 0 saturated heterocycles. The van der Waals surface area contributed by atoms with E-state index in [0.29, 0.717) is 0 Å². The molecule has 1 aliphatic rings. The number of nitrogens with one attached hydrogen (secondary N) is 1. The maximum absolute atomic E-state index is 11.8. The summed E-state index contributed by atoms with van der Waals surface area (Å²) >= 11 is 0. The quantitative estimate of drug-likeness (QED) is 0.937. The number of rotatable bonds is 3. The van der Waals surface area contributed by atoms with Crippen molar-refractivity contribution >= 4 is 11.6 Å². The highest BCUT2D eigenvalue weighted by Gasteiger charge is 2.14. The van der Waals surface area contributed by atoms with Crippen molar-refractivity contribution in [1.29, 1.82) is 0 Å². The lowest BCUT2D eigenvalue weighted by atomic mass is 10.1. The number of hydrogen-bond acceptors (Lipinski definition) is 2. The first-order valence-electron chi connectivity index (χ1n) is 7.61. The van der Waals surface area contributed by atoms with Gasteiger partial charge in [-0.15, -0.1) is 0 Å². The highest BCUT2D eigenvalue weighted by atomic mass is 16.1. The third-order valence-corrected chi connectivity index (χ3v) is 3.86. The number of carbonyl (C=O) groups is 1. The fraction of sp³-hybridized carbons (Fsp3) is 0.412. The number of imidazole rings is 1. The number of aromatic nitrogens is 2. The van der Waals surface area contributed by atoms with Gasteiger partial charge in [-0.25, -0.2) is 4.98 Å². The van der Waals surface area contributed by atoms with Crippen LogP contribution >= 0.6 is 0 Å². The summed E-state index contributed by atoms with van der Waals surface area (Å²) in [7, 11) is 0. The minimum absolute atomic E-state index is 0.0198. The number of hydrogen-bond donors (Lipinski definition) is 1. The number of benzene rings is 1. The lowest BCUT2D eigenvalue weighted by Crippen LogP contribution is -2.17. The van der Waals surface area contributed by atoms with Gasteiger partial charge in [-0.2, -0.15) is 0 Å². The van der Waals surface area contributed by atoms with Crippen molar-refractivity contribution in [2.45, 2.75) is 39.7 Å². The Hall–Kier alpha value is -2.10. The van der Waals surface area contributed by atoms with E-state index in [-0.39, 0.29) is 11.8 Å². The molecule has 1 N–H and O–H groups in total. The average molecular weight is 283 g/mol. The normalized spacial score (nSPS) is 14.0. The molecule has 1 aromatic carbocycles. The number of anilines is 1. The minimum atomic E-state index is -0.0198. The summed E-state index contributed by atoms with van der Waals surface area (Å²) in [5, 5.41) is 2.94. The monoisotopic (exact) mass is 283 g/mol. The predicted molar refractivity (Wildman–Crippen MR) is 84.1 cm³/mol. The second kappa shape index (κ2) is 5.72. The van der Waals surface area contributed by atoms with Crippen LogP contribution in [0.2, 0.25) is 0 Å². The summed E-state index contributed by atoms with van der Waals surface area (Å²) in [5.74, 6) is 1.19. The van der Waals surface area contributed by atoms with Crippen molar-refractivity contribution in [1.82, 2.24) is 9.55 Å². The van der Waals surface area contributed by atoms with Crippen LogP contribution in [-0.4, -0.2) is 15.5 Å². The molecule has 110 valence electrons. The molecule has 0 aliphatic carbocycles. The smallest absolute Gasteiger partial charge is 0.226 e. The molecule has 21 heavy (non-hydrogen) atoms. The van der Waals surface area contributed by atoms with E-state index in [4.69, 9.17) is 4.98 Å². The molecule has 4 heteroatoms. The van der Waals surface area contributed by atoms with E-state index < -0.39 is 0 Å². The molecule has 0 bridgehead atoms. The highest BCUT2D eigenvalue weighted by molar-refractivity contribution is 5.92. The third kappa shape index (κ3) is 2.99. The van der Waals surface area contributed by atoms with Crippen molar-refractivity contribution in [3.63, 3.8) is 0 Å². The second-order valence-corrected chi connectivity index (χ2v) is 5.92. The molecule has 1 aliphatic heterocycles. The first-order chi connectivity index (χ1) is 10.1. The summed E-state index contributed by atoms with van der Waals surface area (Å²) < 4.78 is 2.25. The van der Waals surface area contributed by atoms with Crippen molar-refractivity contribution in [2.75, 3.05) is 5.32 Å². The fourth-order valence-corrected chi connectivity index (χ4v) is 2.59. The van der Waals surface area contributed by atoms with Gasteiger partial charge in [0.05, 0.1) is 5.69 Å². The van der Waals surface area contributed by atoms with E-state index in [9.17, 15) is 4.79 Å². The SMILES string of the molecule is CC(C)C(=O)Nc1cccc(-c2cn3c(n2)CCCC3)c1. The molecule has 3 rings (SSSR count). The van der Waals surface area contributed by atoms with Gasteiger partial charge in [0.2, 0.25) is 5.91 Å². The number of nitrogens with zero attached hydrogens (tertiary/aromatic N) is 2. The average Bonchev–Trinajstić information content (AvgIpc) is 2.91. The maximum atomic E-state index is 11.8. The molecule has 0 fully saturated rings. The number of fused-ring (bicyclic) bond motifs is 1. The Morgan fingerprint density at radius 1 is 1.33 bits per heavy atom.